The van der Waals surface area contributed by atoms with Crippen LogP contribution in [0.15, 0.2) is 45.3 Å². The number of rotatable bonds is 2. The number of hydrogen-bond acceptors (Lipinski definition) is 5. The Kier molecular flexibility index (Phi) is 7.05. The average Bonchev–Trinajstić information content (AvgIpc) is 2.52. The number of carbonyl (C=O) groups excluding carboxylic acids is 1. The van der Waals surface area contributed by atoms with Crippen LogP contribution in [-0.4, -0.2) is 24.2 Å². The third-order valence-electron chi connectivity index (χ3n) is 2.74. The third-order valence-corrected chi connectivity index (χ3v) is 4.12. The number of benzene rings is 2. The molecule has 0 aliphatic carbocycles. The molecule has 0 aliphatic heterocycles. The normalized spacial score (nSPS) is 9.52. The fourth-order valence-electron chi connectivity index (χ4n) is 1.55. The molecule has 0 amide bonds. The molecular formula is C15H14Br2N2O4. The number of aromatic carboxylic acids is 1. The van der Waals surface area contributed by atoms with Crippen molar-refractivity contribution in [3.05, 3.63) is 56.5 Å². The second kappa shape index (κ2) is 8.54. The predicted octanol–water partition coefficient (Wildman–Crippen LogP) is 3.55. The lowest BCUT2D eigenvalue weighted by atomic mass is 10.2. The molecule has 0 spiro atoms. The zero-order valence-electron chi connectivity index (χ0n) is 12.0. The van der Waals surface area contributed by atoms with E-state index in [0.717, 1.165) is 0 Å². The molecule has 0 radical (unpaired) electrons. The zero-order chi connectivity index (χ0) is 17.6. The molecule has 0 bridgehead atoms. The van der Waals surface area contributed by atoms with E-state index in [4.69, 9.17) is 16.6 Å². The number of nitrogen functional groups attached to an aromatic ring is 2. The van der Waals surface area contributed by atoms with E-state index in [2.05, 4.69) is 36.6 Å². The molecule has 2 aromatic rings. The van der Waals surface area contributed by atoms with Crippen LogP contribution in [0.3, 0.4) is 0 Å². The Morgan fingerprint density at radius 3 is 1.78 bits per heavy atom. The van der Waals surface area contributed by atoms with Crippen LogP contribution < -0.4 is 11.5 Å². The maximum atomic E-state index is 11.1. The van der Waals surface area contributed by atoms with Crippen LogP contribution in [0.25, 0.3) is 0 Å². The largest absolute Gasteiger partial charge is 0.478 e. The van der Waals surface area contributed by atoms with Crippen molar-refractivity contribution in [2.45, 2.75) is 0 Å². The van der Waals surface area contributed by atoms with Gasteiger partial charge in [0.25, 0.3) is 0 Å². The molecule has 0 unspecified atom stereocenters. The Morgan fingerprint density at radius 1 is 0.957 bits per heavy atom. The van der Waals surface area contributed by atoms with Gasteiger partial charge in [0.1, 0.15) is 0 Å². The monoisotopic (exact) mass is 444 g/mol. The van der Waals surface area contributed by atoms with Gasteiger partial charge < -0.3 is 21.3 Å². The van der Waals surface area contributed by atoms with E-state index in [0.29, 0.717) is 20.2 Å². The van der Waals surface area contributed by atoms with Crippen molar-refractivity contribution >= 4 is 55.2 Å². The first-order chi connectivity index (χ1) is 10.8. The minimum atomic E-state index is -1.01. The highest BCUT2D eigenvalue weighted by atomic mass is 79.9. The molecule has 122 valence electrons. The molecule has 0 fully saturated rings. The van der Waals surface area contributed by atoms with Gasteiger partial charge in [-0.15, -0.1) is 0 Å². The van der Waals surface area contributed by atoms with Gasteiger partial charge in [0, 0.05) is 8.95 Å². The summed E-state index contributed by atoms with van der Waals surface area (Å²) in [5.74, 6) is -1.43. The van der Waals surface area contributed by atoms with E-state index in [1.54, 1.807) is 30.3 Å². The van der Waals surface area contributed by atoms with Crippen molar-refractivity contribution in [3.8, 4) is 0 Å². The Hall–Kier alpha value is -2.06. The highest BCUT2D eigenvalue weighted by Gasteiger charge is 2.10. The molecule has 8 heteroatoms. The summed E-state index contributed by atoms with van der Waals surface area (Å²) in [7, 11) is 1.32. The molecule has 2 rings (SSSR count). The summed E-state index contributed by atoms with van der Waals surface area (Å²) in [5.41, 5.74) is 12.2. The van der Waals surface area contributed by atoms with Crippen molar-refractivity contribution in [1.82, 2.24) is 0 Å². The molecule has 0 heterocycles. The van der Waals surface area contributed by atoms with Crippen molar-refractivity contribution in [3.63, 3.8) is 0 Å². The molecule has 0 aromatic heterocycles. The molecule has 0 saturated heterocycles. The number of ether oxygens (including phenoxy) is 1. The number of carboxylic acid groups (broad SMARTS) is 1. The molecule has 2 aromatic carbocycles. The predicted molar refractivity (Wildman–Crippen MR) is 95.4 cm³/mol. The fraction of sp³-hybridized carbons (Fsp3) is 0.0667. The average molecular weight is 446 g/mol. The SMILES string of the molecule is COC(=O)c1cccc(Br)c1N.Nc1c(Br)cccc1C(=O)O. The highest BCUT2D eigenvalue weighted by molar-refractivity contribution is 9.11. The highest BCUT2D eigenvalue weighted by Crippen LogP contribution is 2.23. The van der Waals surface area contributed by atoms with Crippen LogP contribution in [0.4, 0.5) is 11.4 Å². The van der Waals surface area contributed by atoms with E-state index in [1.165, 1.54) is 13.2 Å². The topological polar surface area (TPSA) is 116 Å². The summed E-state index contributed by atoms with van der Waals surface area (Å²) in [6.45, 7) is 0. The quantitative estimate of drug-likeness (QED) is 0.480. The van der Waals surface area contributed by atoms with Crippen LogP contribution in [-0.2, 0) is 4.74 Å². The Balaban J connectivity index is 0.000000231. The fourth-order valence-corrected chi connectivity index (χ4v) is 2.28. The Labute approximate surface area is 149 Å². The maximum Gasteiger partial charge on any atom is 0.339 e. The van der Waals surface area contributed by atoms with Crippen molar-refractivity contribution in [2.75, 3.05) is 18.6 Å². The molecule has 5 N–H and O–H groups in total. The number of carboxylic acids is 1. The van der Waals surface area contributed by atoms with Gasteiger partial charge in [-0.1, -0.05) is 12.1 Å². The number of carbonyl (C=O) groups is 2. The molecule has 0 aliphatic rings. The molecule has 6 nitrogen and oxygen atoms in total. The van der Waals surface area contributed by atoms with Crippen molar-refractivity contribution in [1.29, 1.82) is 0 Å². The zero-order valence-corrected chi connectivity index (χ0v) is 15.2. The number of halogens is 2. The molecule has 0 saturated carbocycles. The lowest BCUT2D eigenvalue weighted by Crippen LogP contribution is -2.05. The first-order valence-corrected chi connectivity index (χ1v) is 7.77. The minimum absolute atomic E-state index is 0.124. The summed E-state index contributed by atoms with van der Waals surface area (Å²) in [5, 5.41) is 8.59. The summed E-state index contributed by atoms with van der Waals surface area (Å²) < 4.78 is 5.84. The van der Waals surface area contributed by atoms with Crippen LogP contribution in [0.1, 0.15) is 20.7 Å². The second-order valence-electron chi connectivity index (χ2n) is 4.20. The Bertz CT molecular complexity index is 735. The van der Waals surface area contributed by atoms with Gasteiger partial charge in [0.2, 0.25) is 0 Å². The van der Waals surface area contributed by atoms with Gasteiger partial charge >= 0.3 is 11.9 Å². The van der Waals surface area contributed by atoms with Crippen LogP contribution in [0.2, 0.25) is 0 Å². The van der Waals surface area contributed by atoms with E-state index in [-0.39, 0.29) is 11.3 Å². The van der Waals surface area contributed by atoms with Crippen LogP contribution in [0, 0.1) is 0 Å². The van der Waals surface area contributed by atoms with Gasteiger partial charge in [-0.3, -0.25) is 0 Å². The lowest BCUT2D eigenvalue weighted by Gasteiger charge is -2.03. The maximum absolute atomic E-state index is 11.1. The summed E-state index contributed by atoms with van der Waals surface area (Å²) in [6.07, 6.45) is 0. The van der Waals surface area contributed by atoms with Gasteiger partial charge in [0.15, 0.2) is 0 Å². The van der Waals surface area contributed by atoms with E-state index in [9.17, 15) is 9.59 Å². The number of nitrogens with two attached hydrogens (primary N) is 2. The Morgan fingerprint density at radius 2 is 1.39 bits per heavy atom. The lowest BCUT2D eigenvalue weighted by molar-refractivity contribution is 0.0601. The van der Waals surface area contributed by atoms with Crippen molar-refractivity contribution in [2.24, 2.45) is 0 Å². The van der Waals surface area contributed by atoms with Gasteiger partial charge in [-0.25, -0.2) is 9.59 Å². The summed E-state index contributed by atoms with van der Waals surface area (Å²) in [4.78, 5) is 21.5. The number of anilines is 2. The molecule has 0 atom stereocenters. The standard InChI is InChI=1S/C8H8BrNO2.C7H6BrNO2/c1-12-8(11)5-3-2-4-6(9)7(5)10;8-5-3-1-2-4(6(5)9)7(10)11/h2-4H,10H2,1H3;1-3H,9H2,(H,10,11). The smallest absolute Gasteiger partial charge is 0.339 e. The molecular weight excluding hydrogens is 432 g/mol. The van der Waals surface area contributed by atoms with Crippen LogP contribution >= 0.6 is 31.9 Å². The van der Waals surface area contributed by atoms with E-state index < -0.39 is 11.9 Å². The van der Waals surface area contributed by atoms with E-state index in [1.807, 2.05) is 0 Å². The van der Waals surface area contributed by atoms with Gasteiger partial charge in [-0.2, -0.15) is 0 Å². The number of esters is 1. The summed E-state index contributed by atoms with van der Waals surface area (Å²) >= 11 is 6.34. The van der Waals surface area contributed by atoms with Crippen LogP contribution in [0.5, 0.6) is 0 Å². The number of methoxy groups -OCH3 is 1. The minimum Gasteiger partial charge on any atom is -0.478 e. The first kappa shape index (κ1) is 19.0. The van der Waals surface area contributed by atoms with Crippen molar-refractivity contribution < 1.29 is 19.4 Å². The first-order valence-electron chi connectivity index (χ1n) is 6.19. The number of hydrogen-bond donors (Lipinski definition) is 3. The van der Waals surface area contributed by atoms with E-state index >= 15 is 0 Å². The second-order valence-corrected chi connectivity index (χ2v) is 5.91. The molecule has 23 heavy (non-hydrogen) atoms. The number of para-hydroxylation sites is 2. The van der Waals surface area contributed by atoms with Gasteiger partial charge in [-0.05, 0) is 56.1 Å². The summed E-state index contributed by atoms with van der Waals surface area (Å²) in [6, 6.07) is 9.90. The third kappa shape index (κ3) is 4.97. The van der Waals surface area contributed by atoms with Gasteiger partial charge in [0.05, 0.1) is 29.6 Å².